The molecule has 1 aliphatic heterocycles. The molecule has 1 saturated heterocycles. The lowest BCUT2D eigenvalue weighted by Gasteiger charge is -2.36. The minimum absolute atomic E-state index is 0.111. The highest BCUT2D eigenvalue weighted by molar-refractivity contribution is 7.89. The molecule has 1 atom stereocenters. The number of hydrogen-bond acceptors (Lipinski definition) is 6. The van der Waals surface area contributed by atoms with Crippen LogP contribution in [0.3, 0.4) is 0 Å². The maximum Gasteiger partial charge on any atom is 0.247 e. The Hall–Kier alpha value is -2.26. The van der Waals surface area contributed by atoms with Gasteiger partial charge in [0.2, 0.25) is 21.8 Å². The molecule has 168 valence electrons. The molecular formula is C23H25ClN4O3S. The molecule has 1 fully saturated rings. The molecule has 0 unspecified atom stereocenters. The molecular weight excluding hydrogens is 448 g/mol. The van der Waals surface area contributed by atoms with Gasteiger partial charge in [0, 0.05) is 36.8 Å². The van der Waals surface area contributed by atoms with E-state index in [2.05, 4.69) is 15.1 Å². The molecule has 0 N–H and O–H groups in total. The Morgan fingerprint density at radius 2 is 1.78 bits per heavy atom. The Kier molecular flexibility index (Phi) is 5.79. The summed E-state index contributed by atoms with van der Waals surface area (Å²) in [4.78, 5) is 2.58. The van der Waals surface area contributed by atoms with Gasteiger partial charge >= 0.3 is 0 Å². The Bertz CT molecular complexity index is 1240. The first kappa shape index (κ1) is 21.6. The van der Waals surface area contributed by atoms with Crippen LogP contribution in [0.5, 0.6) is 0 Å². The largest absolute Gasteiger partial charge is 0.419 e. The molecule has 3 aromatic rings. The third-order valence-corrected chi connectivity index (χ3v) is 8.53. The smallest absolute Gasteiger partial charge is 0.247 e. The third kappa shape index (κ3) is 4.08. The highest BCUT2D eigenvalue weighted by Gasteiger charge is 2.32. The summed E-state index contributed by atoms with van der Waals surface area (Å²) in [6, 6.07) is 12.8. The van der Waals surface area contributed by atoms with Gasteiger partial charge in [-0.2, -0.15) is 4.31 Å². The van der Waals surface area contributed by atoms with Crippen molar-refractivity contribution < 1.29 is 12.8 Å². The average Bonchev–Trinajstić information content (AvgIpc) is 3.48. The lowest BCUT2D eigenvalue weighted by molar-refractivity contribution is 0.129. The van der Waals surface area contributed by atoms with Crippen molar-refractivity contribution in [1.82, 2.24) is 19.4 Å². The monoisotopic (exact) mass is 472 g/mol. The van der Waals surface area contributed by atoms with Crippen molar-refractivity contribution in [3.63, 3.8) is 0 Å². The predicted octanol–water partition coefficient (Wildman–Crippen LogP) is 3.95. The van der Waals surface area contributed by atoms with Crippen LogP contribution in [-0.2, 0) is 22.9 Å². The molecule has 32 heavy (non-hydrogen) atoms. The second-order valence-corrected chi connectivity index (χ2v) is 10.7. The number of hydrogen-bond donors (Lipinski definition) is 0. The summed E-state index contributed by atoms with van der Waals surface area (Å²) in [5.74, 6) is 0.932. The van der Waals surface area contributed by atoms with E-state index in [0.29, 0.717) is 47.9 Å². The lowest BCUT2D eigenvalue weighted by Crippen LogP contribution is -2.49. The van der Waals surface area contributed by atoms with E-state index in [1.807, 2.05) is 31.2 Å². The van der Waals surface area contributed by atoms with Crippen LogP contribution >= 0.6 is 11.6 Å². The van der Waals surface area contributed by atoms with E-state index in [0.717, 1.165) is 24.8 Å². The second-order valence-electron chi connectivity index (χ2n) is 8.36. The van der Waals surface area contributed by atoms with E-state index in [9.17, 15) is 8.42 Å². The fourth-order valence-corrected chi connectivity index (χ4v) is 6.15. The first-order valence-corrected chi connectivity index (χ1v) is 12.7. The van der Waals surface area contributed by atoms with Gasteiger partial charge in [0.05, 0.1) is 10.9 Å². The summed E-state index contributed by atoms with van der Waals surface area (Å²) in [6.45, 7) is 4.05. The van der Waals surface area contributed by atoms with Gasteiger partial charge in [0.15, 0.2) is 0 Å². The quantitative estimate of drug-likeness (QED) is 0.559. The lowest BCUT2D eigenvalue weighted by atomic mass is 10.1. The average molecular weight is 473 g/mol. The number of benzene rings is 2. The molecule has 0 bridgehead atoms. The van der Waals surface area contributed by atoms with E-state index in [1.54, 1.807) is 22.5 Å². The number of fused-ring (bicyclic) bond motifs is 1. The number of sulfonamides is 1. The first-order valence-electron chi connectivity index (χ1n) is 10.9. The minimum Gasteiger partial charge on any atom is -0.419 e. The van der Waals surface area contributed by atoms with Crippen LogP contribution in [-0.4, -0.2) is 54.0 Å². The van der Waals surface area contributed by atoms with E-state index in [-0.39, 0.29) is 6.04 Å². The molecule has 5 rings (SSSR count). The van der Waals surface area contributed by atoms with E-state index < -0.39 is 10.0 Å². The van der Waals surface area contributed by atoms with Crippen LogP contribution in [0.25, 0.3) is 11.5 Å². The number of aromatic nitrogens is 2. The van der Waals surface area contributed by atoms with E-state index in [4.69, 9.17) is 16.0 Å². The number of nitrogens with zero attached hydrogens (tertiary/aromatic N) is 4. The fourth-order valence-electron chi connectivity index (χ4n) is 4.49. The SMILES string of the molecule is C[C@@H](c1nnc(-c2cccc(Cl)c2)o1)N1CCN(S(=O)(=O)c2ccc3c(c2)CCC3)CC1. The summed E-state index contributed by atoms with van der Waals surface area (Å²) in [7, 11) is -3.49. The standard InChI is InChI=1S/C23H25ClN4O3S/c1-16(22-25-26-23(31-22)19-6-3-7-20(24)14-19)27-10-12-28(13-11-27)32(29,30)21-9-8-17-4-2-5-18(17)15-21/h3,6-9,14-16H,2,4-5,10-13H2,1H3/t16-/m0/s1. The van der Waals surface area contributed by atoms with Crippen molar-refractivity contribution in [2.24, 2.45) is 0 Å². The molecule has 1 aliphatic carbocycles. The summed E-state index contributed by atoms with van der Waals surface area (Å²) < 4.78 is 33.8. The zero-order valence-electron chi connectivity index (χ0n) is 17.9. The summed E-state index contributed by atoms with van der Waals surface area (Å²) in [5.41, 5.74) is 3.22. The Morgan fingerprint density at radius 1 is 1.00 bits per heavy atom. The van der Waals surface area contributed by atoms with Crippen molar-refractivity contribution in [3.05, 3.63) is 64.5 Å². The highest BCUT2D eigenvalue weighted by Crippen LogP contribution is 2.29. The van der Waals surface area contributed by atoms with Crippen molar-refractivity contribution in [1.29, 1.82) is 0 Å². The van der Waals surface area contributed by atoms with Gasteiger partial charge in [0.25, 0.3) is 0 Å². The van der Waals surface area contributed by atoms with Crippen molar-refractivity contribution in [2.45, 2.75) is 37.1 Å². The van der Waals surface area contributed by atoms with Gasteiger partial charge in [-0.05, 0) is 67.6 Å². The van der Waals surface area contributed by atoms with Crippen molar-refractivity contribution in [3.8, 4) is 11.5 Å². The molecule has 0 radical (unpaired) electrons. The van der Waals surface area contributed by atoms with Crippen LogP contribution in [0.4, 0.5) is 0 Å². The van der Waals surface area contributed by atoms with Gasteiger partial charge in [-0.3, -0.25) is 4.90 Å². The van der Waals surface area contributed by atoms with Crippen LogP contribution < -0.4 is 0 Å². The van der Waals surface area contributed by atoms with Crippen LogP contribution in [0.2, 0.25) is 5.02 Å². The molecule has 2 heterocycles. The van der Waals surface area contributed by atoms with Crippen LogP contribution in [0.15, 0.2) is 51.8 Å². The number of rotatable bonds is 5. The van der Waals surface area contributed by atoms with Gasteiger partial charge < -0.3 is 4.42 Å². The van der Waals surface area contributed by atoms with Gasteiger partial charge in [0.1, 0.15) is 0 Å². The van der Waals surface area contributed by atoms with Crippen LogP contribution in [0.1, 0.15) is 36.4 Å². The highest BCUT2D eigenvalue weighted by atomic mass is 35.5. The zero-order valence-corrected chi connectivity index (χ0v) is 19.4. The minimum atomic E-state index is -3.49. The van der Waals surface area contributed by atoms with Gasteiger partial charge in [-0.25, -0.2) is 8.42 Å². The Balaban J connectivity index is 1.25. The summed E-state index contributed by atoms with van der Waals surface area (Å²) >= 11 is 6.06. The van der Waals surface area contributed by atoms with E-state index in [1.165, 1.54) is 11.1 Å². The molecule has 2 aromatic carbocycles. The number of halogens is 1. The fraction of sp³-hybridized carbons (Fsp3) is 0.391. The molecule has 7 nitrogen and oxygen atoms in total. The molecule has 0 amide bonds. The maximum absolute atomic E-state index is 13.2. The topological polar surface area (TPSA) is 79.5 Å². The molecule has 1 aromatic heterocycles. The predicted molar refractivity (Wildman–Crippen MR) is 122 cm³/mol. The van der Waals surface area contributed by atoms with Crippen LogP contribution in [0, 0.1) is 0 Å². The number of aryl methyl sites for hydroxylation is 2. The summed E-state index contributed by atoms with van der Waals surface area (Å²) in [5, 5.41) is 8.98. The molecule has 0 spiro atoms. The van der Waals surface area contributed by atoms with Crippen molar-refractivity contribution >= 4 is 21.6 Å². The second kappa shape index (κ2) is 8.59. The van der Waals surface area contributed by atoms with Gasteiger partial charge in [-0.15, -0.1) is 10.2 Å². The van der Waals surface area contributed by atoms with E-state index >= 15 is 0 Å². The third-order valence-electron chi connectivity index (χ3n) is 6.40. The Labute approximate surface area is 193 Å². The Morgan fingerprint density at radius 3 is 2.56 bits per heavy atom. The molecule has 0 saturated carbocycles. The first-order chi connectivity index (χ1) is 15.4. The molecule has 9 heteroatoms. The summed E-state index contributed by atoms with van der Waals surface area (Å²) in [6.07, 6.45) is 3.11. The molecule has 2 aliphatic rings. The normalized spacial score (nSPS) is 18.6. The van der Waals surface area contributed by atoms with Crippen molar-refractivity contribution in [2.75, 3.05) is 26.2 Å². The van der Waals surface area contributed by atoms with Gasteiger partial charge in [-0.1, -0.05) is 23.7 Å². The maximum atomic E-state index is 13.2. The number of piperazine rings is 1. The zero-order chi connectivity index (χ0) is 22.3.